The molecule has 180 valence electrons. The average Bonchev–Trinajstić information content (AvgIpc) is 3.61. The third-order valence-corrected chi connectivity index (χ3v) is 6.44. The van der Waals surface area contributed by atoms with Crippen LogP contribution in [0.25, 0.3) is 33.5 Å². The number of tetrazole rings is 1. The van der Waals surface area contributed by atoms with Crippen molar-refractivity contribution >= 4 is 45.3 Å². The van der Waals surface area contributed by atoms with Crippen LogP contribution in [-0.2, 0) is 20.6 Å². The monoisotopic (exact) mass is 502 g/mol. The van der Waals surface area contributed by atoms with E-state index in [9.17, 15) is 9.59 Å². The van der Waals surface area contributed by atoms with Crippen LogP contribution in [0.15, 0.2) is 58.1 Å². The summed E-state index contributed by atoms with van der Waals surface area (Å²) in [6.45, 7) is 0.0678. The molecule has 0 radical (unpaired) electrons. The van der Waals surface area contributed by atoms with E-state index in [1.54, 1.807) is 24.7 Å². The van der Waals surface area contributed by atoms with Gasteiger partial charge in [-0.1, -0.05) is 17.7 Å². The van der Waals surface area contributed by atoms with Gasteiger partial charge in [0, 0.05) is 47.0 Å². The molecule has 0 amide bonds. The van der Waals surface area contributed by atoms with Gasteiger partial charge in [0.25, 0.3) is 5.56 Å². The molecular formula is C23H19ClN10O2. The van der Waals surface area contributed by atoms with Gasteiger partial charge in [0.05, 0.1) is 6.54 Å². The summed E-state index contributed by atoms with van der Waals surface area (Å²) >= 11 is 6.28. The minimum absolute atomic E-state index is 0.0678. The van der Waals surface area contributed by atoms with Gasteiger partial charge in [-0.05, 0) is 52.9 Å². The van der Waals surface area contributed by atoms with Crippen LogP contribution < -0.4 is 16.6 Å². The maximum Gasteiger partial charge on any atom is 0.332 e. The molecule has 0 aliphatic rings. The highest BCUT2D eigenvalue weighted by Gasteiger charge is 2.19. The number of hydrogen-bond acceptors (Lipinski definition) is 7. The maximum atomic E-state index is 13.4. The zero-order chi connectivity index (χ0) is 25.0. The van der Waals surface area contributed by atoms with Gasteiger partial charge < -0.3 is 14.9 Å². The largest absolute Gasteiger partial charge is 0.357 e. The molecule has 2 aromatic carbocycles. The molecule has 0 atom stereocenters. The van der Waals surface area contributed by atoms with Crippen molar-refractivity contribution < 1.29 is 0 Å². The van der Waals surface area contributed by atoms with Crippen molar-refractivity contribution in [2.24, 2.45) is 14.1 Å². The summed E-state index contributed by atoms with van der Waals surface area (Å²) in [5.74, 6) is 0.971. The molecule has 0 saturated heterocycles. The standard InChI is InChI=1S/C23H19ClN10O2/c1-32-18-20(27-22(32)26-13-8-6-12(7-9-13)19-28-30-31-29-19)33(2)23(36)34(21(18)35)11-14-10-15-16(24)4-3-5-17(15)25-14/h3-10,25H,11H2,1-2H3,(H,26,27)(H,28,29,30,31). The first-order chi connectivity index (χ1) is 17.4. The second kappa shape index (κ2) is 8.20. The first kappa shape index (κ1) is 21.8. The van der Waals surface area contributed by atoms with E-state index in [0.717, 1.165) is 22.2 Å². The van der Waals surface area contributed by atoms with Crippen LogP contribution in [0, 0.1) is 0 Å². The molecule has 0 bridgehead atoms. The zero-order valence-electron chi connectivity index (χ0n) is 19.2. The number of benzene rings is 2. The van der Waals surface area contributed by atoms with Gasteiger partial charge in [0.2, 0.25) is 5.95 Å². The lowest BCUT2D eigenvalue weighted by Crippen LogP contribution is -2.39. The number of rotatable bonds is 5. The maximum absolute atomic E-state index is 13.4. The molecular weight excluding hydrogens is 484 g/mol. The normalized spacial score (nSPS) is 11.5. The Labute approximate surface area is 207 Å². The summed E-state index contributed by atoms with van der Waals surface area (Å²) in [6.07, 6.45) is 0. The molecule has 0 unspecified atom stereocenters. The van der Waals surface area contributed by atoms with Crippen molar-refractivity contribution in [1.82, 2.24) is 44.3 Å². The molecule has 0 aliphatic carbocycles. The highest BCUT2D eigenvalue weighted by molar-refractivity contribution is 6.35. The third-order valence-electron chi connectivity index (χ3n) is 6.11. The van der Waals surface area contributed by atoms with Crippen molar-refractivity contribution in [2.75, 3.05) is 5.32 Å². The summed E-state index contributed by atoms with van der Waals surface area (Å²) in [7, 11) is 3.32. The number of nitrogens with one attached hydrogen (secondary N) is 3. The van der Waals surface area contributed by atoms with Gasteiger partial charge in [-0.3, -0.25) is 13.9 Å². The molecule has 0 spiro atoms. The first-order valence-corrected chi connectivity index (χ1v) is 11.3. The van der Waals surface area contributed by atoms with E-state index in [4.69, 9.17) is 11.6 Å². The molecule has 0 saturated carbocycles. The van der Waals surface area contributed by atoms with Crippen molar-refractivity contribution in [3.05, 3.63) is 80.1 Å². The Hall–Kier alpha value is -4.71. The fraction of sp³-hybridized carbons (Fsp3) is 0.130. The van der Waals surface area contributed by atoms with Crippen LogP contribution in [-0.4, -0.2) is 44.3 Å². The van der Waals surface area contributed by atoms with Gasteiger partial charge in [0.15, 0.2) is 17.0 Å². The van der Waals surface area contributed by atoms with E-state index < -0.39 is 11.2 Å². The topological polar surface area (TPSA) is 144 Å². The number of fused-ring (bicyclic) bond motifs is 2. The number of imidazole rings is 1. The second-order valence-corrected chi connectivity index (χ2v) is 8.75. The van der Waals surface area contributed by atoms with Crippen LogP contribution in [0.3, 0.4) is 0 Å². The molecule has 0 aliphatic heterocycles. The lowest BCUT2D eigenvalue weighted by Gasteiger charge is -2.08. The SMILES string of the molecule is Cn1c(Nc2ccc(-c3nnn[nH]3)cc2)nc2c1c(=O)n(Cc1cc3c(Cl)cccc3[nH]1)c(=O)n2C. The molecule has 0 fully saturated rings. The van der Waals surface area contributed by atoms with Gasteiger partial charge in [0.1, 0.15) is 0 Å². The fourth-order valence-electron chi connectivity index (χ4n) is 4.25. The van der Waals surface area contributed by atoms with Crippen molar-refractivity contribution in [2.45, 2.75) is 6.54 Å². The first-order valence-electron chi connectivity index (χ1n) is 10.9. The summed E-state index contributed by atoms with van der Waals surface area (Å²) in [5, 5.41) is 18.4. The molecule has 36 heavy (non-hydrogen) atoms. The minimum Gasteiger partial charge on any atom is -0.357 e. The highest BCUT2D eigenvalue weighted by Crippen LogP contribution is 2.25. The van der Waals surface area contributed by atoms with Gasteiger partial charge in [-0.2, -0.15) is 4.98 Å². The quantitative estimate of drug-likeness (QED) is 0.328. The van der Waals surface area contributed by atoms with Crippen LogP contribution in [0.5, 0.6) is 0 Å². The molecule has 3 N–H and O–H groups in total. The van der Waals surface area contributed by atoms with Gasteiger partial charge >= 0.3 is 5.69 Å². The summed E-state index contributed by atoms with van der Waals surface area (Å²) in [6, 6.07) is 14.8. The number of anilines is 2. The van der Waals surface area contributed by atoms with E-state index in [1.807, 2.05) is 42.5 Å². The van der Waals surface area contributed by atoms with Crippen molar-refractivity contribution in [3.8, 4) is 11.4 Å². The Bertz CT molecular complexity index is 1860. The van der Waals surface area contributed by atoms with E-state index in [2.05, 4.69) is 35.9 Å². The minimum atomic E-state index is -0.466. The second-order valence-electron chi connectivity index (χ2n) is 8.35. The average molecular weight is 503 g/mol. The zero-order valence-corrected chi connectivity index (χ0v) is 19.9. The number of halogens is 1. The van der Waals surface area contributed by atoms with E-state index in [-0.39, 0.29) is 12.2 Å². The lowest BCUT2D eigenvalue weighted by molar-refractivity contribution is 0.648. The molecule has 12 nitrogen and oxygen atoms in total. The number of aromatic nitrogens is 9. The van der Waals surface area contributed by atoms with E-state index in [1.165, 1.54) is 9.13 Å². The molecule has 4 aromatic heterocycles. The number of aromatic amines is 2. The lowest BCUT2D eigenvalue weighted by atomic mass is 10.2. The Balaban J connectivity index is 1.38. The van der Waals surface area contributed by atoms with Gasteiger partial charge in [-0.15, -0.1) is 5.10 Å². The molecule has 13 heteroatoms. The Morgan fingerprint density at radius 2 is 1.86 bits per heavy atom. The van der Waals surface area contributed by atoms with Crippen molar-refractivity contribution in [3.63, 3.8) is 0 Å². The van der Waals surface area contributed by atoms with Crippen LogP contribution >= 0.6 is 11.6 Å². The van der Waals surface area contributed by atoms with Crippen LogP contribution in [0.2, 0.25) is 5.02 Å². The summed E-state index contributed by atoms with van der Waals surface area (Å²) in [4.78, 5) is 34.3. The fourth-order valence-corrected chi connectivity index (χ4v) is 4.48. The summed E-state index contributed by atoms with van der Waals surface area (Å²) in [5.41, 5.74) is 2.78. The predicted molar refractivity (Wildman–Crippen MR) is 136 cm³/mol. The van der Waals surface area contributed by atoms with Gasteiger partial charge in [-0.25, -0.2) is 9.89 Å². The molecule has 4 heterocycles. The Morgan fingerprint density at radius 1 is 1.06 bits per heavy atom. The number of nitrogens with zero attached hydrogens (tertiary/aromatic N) is 7. The van der Waals surface area contributed by atoms with Crippen LogP contribution in [0.4, 0.5) is 11.6 Å². The Kier molecular flexibility index (Phi) is 4.97. The van der Waals surface area contributed by atoms with E-state index >= 15 is 0 Å². The predicted octanol–water partition coefficient (Wildman–Crippen LogP) is 2.54. The summed E-state index contributed by atoms with van der Waals surface area (Å²) < 4.78 is 4.20. The van der Waals surface area contributed by atoms with Crippen molar-refractivity contribution in [1.29, 1.82) is 0 Å². The Morgan fingerprint density at radius 3 is 2.58 bits per heavy atom. The highest BCUT2D eigenvalue weighted by atomic mass is 35.5. The third kappa shape index (κ3) is 3.46. The molecule has 6 rings (SSSR count). The molecule has 6 aromatic rings. The number of hydrogen-bond donors (Lipinski definition) is 3. The van der Waals surface area contributed by atoms with Crippen LogP contribution in [0.1, 0.15) is 5.69 Å². The number of H-pyrrole nitrogens is 2. The number of aryl methyl sites for hydroxylation is 2. The van der Waals surface area contributed by atoms with E-state index in [0.29, 0.717) is 28.0 Å². The smallest absolute Gasteiger partial charge is 0.332 e.